The predicted molar refractivity (Wildman–Crippen MR) is 83.7 cm³/mol. The molecule has 0 spiro atoms. The second-order valence-corrected chi connectivity index (χ2v) is 6.23. The molecule has 1 saturated heterocycles. The summed E-state index contributed by atoms with van der Waals surface area (Å²) in [6.45, 7) is 1.79. The fourth-order valence-corrected chi connectivity index (χ4v) is 3.45. The standard InChI is InChI=1S/C16H19N3OS/c1-18-10-11-21-16(18)17-15(20)14-8-5-9-19(14)12-13-6-3-2-4-7-13/h2-4,6-7,10-11,14H,5,8-9,12H2,1H3/t14-/m1/s1. The van der Waals surface area contributed by atoms with Crippen molar-refractivity contribution in [3.05, 3.63) is 52.3 Å². The summed E-state index contributed by atoms with van der Waals surface area (Å²) in [6.07, 6.45) is 3.90. The summed E-state index contributed by atoms with van der Waals surface area (Å²) in [7, 11) is 1.92. The molecule has 21 heavy (non-hydrogen) atoms. The van der Waals surface area contributed by atoms with Crippen LogP contribution in [0.5, 0.6) is 0 Å². The number of rotatable bonds is 3. The number of carbonyl (C=O) groups excluding carboxylic acids is 1. The van der Waals surface area contributed by atoms with Crippen molar-refractivity contribution in [2.24, 2.45) is 12.0 Å². The van der Waals surface area contributed by atoms with Crippen molar-refractivity contribution in [1.82, 2.24) is 9.47 Å². The van der Waals surface area contributed by atoms with Gasteiger partial charge >= 0.3 is 0 Å². The highest BCUT2D eigenvalue weighted by Gasteiger charge is 2.30. The maximum absolute atomic E-state index is 12.5. The lowest BCUT2D eigenvalue weighted by atomic mass is 10.2. The number of aryl methyl sites for hydroxylation is 1. The van der Waals surface area contributed by atoms with Gasteiger partial charge in [0.1, 0.15) is 0 Å². The van der Waals surface area contributed by atoms with Gasteiger partial charge in [-0.05, 0) is 24.9 Å². The largest absolute Gasteiger partial charge is 0.327 e. The van der Waals surface area contributed by atoms with E-state index in [4.69, 9.17) is 0 Å². The molecule has 0 N–H and O–H groups in total. The van der Waals surface area contributed by atoms with E-state index >= 15 is 0 Å². The average Bonchev–Trinajstić information content (AvgIpc) is 3.10. The summed E-state index contributed by atoms with van der Waals surface area (Å²) >= 11 is 1.50. The molecule has 0 aliphatic carbocycles. The minimum Gasteiger partial charge on any atom is -0.327 e. The molecule has 0 bridgehead atoms. The summed E-state index contributed by atoms with van der Waals surface area (Å²) < 4.78 is 1.89. The summed E-state index contributed by atoms with van der Waals surface area (Å²) in [5.41, 5.74) is 1.25. The maximum atomic E-state index is 12.5. The van der Waals surface area contributed by atoms with Crippen molar-refractivity contribution < 1.29 is 4.79 Å². The highest BCUT2D eigenvalue weighted by Crippen LogP contribution is 2.21. The number of hydrogen-bond donors (Lipinski definition) is 0. The molecule has 2 aromatic rings. The first-order valence-electron chi connectivity index (χ1n) is 7.21. The monoisotopic (exact) mass is 301 g/mol. The highest BCUT2D eigenvalue weighted by molar-refractivity contribution is 7.07. The van der Waals surface area contributed by atoms with Crippen LogP contribution < -0.4 is 4.80 Å². The van der Waals surface area contributed by atoms with Crippen LogP contribution in [-0.4, -0.2) is 28.0 Å². The predicted octanol–water partition coefficient (Wildman–Crippen LogP) is 2.18. The van der Waals surface area contributed by atoms with E-state index in [0.29, 0.717) is 0 Å². The topological polar surface area (TPSA) is 37.6 Å². The molecule has 1 aliphatic heterocycles. The Morgan fingerprint density at radius 3 is 2.90 bits per heavy atom. The van der Waals surface area contributed by atoms with Crippen molar-refractivity contribution in [1.29, 1.82) is 0 Å². The third-order valence-corrected chi connectivity index (χ3v) is 4.69. The van der Waals surface area contributed by atoms with Crippen LogP contribution in [0.15, 0.2) is 46.9 Å². The molecular formula is C16H19N3OS. The van der Waals surface area contributed by atoms with Crippen molar-refractivity contribution in [3.63, 3.8) is 0 Å². The molecule has 0 radical (unpaired) electrons. The molecule has 1 aromatic carbocycles. The lowest BCUT2D eigenvalue weighted by molar-refractivity contribution is -0.122. The van der Waals surface area contributed by atoms with Crippen LogP contribution in [0.3, 0.4) is 0 Å². The third kappa shape index (κ3) is 3.31. The third-order valence-electron chi connectivity index (χ3n) is 3.84. The smallest absolute Gasteiger partial charge is 0.265 e. The van der Waals surface area contributed by atoms with Crippen molar-refractivity contribution in [2.75, 3.05) is 6.54 Å². The van der Waals surface area contributed by atoms with Crippen molar-refractivity contribution in [2.45, 2.75) is 25.4 Å². The lowest BCUT2D eigenvalue weighted by Gasteiger charge is -2.21. The summed E-state index contributed by atoms with van der Waals surface area (Å²) in [5, 5.41) is 1.95. The van der Waals surface area contributed by atoms with Gasteiger partial charge in [0.2, 0.25) is 0 Å². The summed E-state index contributed by atoms with van der Waals surface area (Å²) in [6, 6.07) is 10.2. The van der Waals surface area contributed by atoms with Crippen LogP contribution in [0, 0.1) is 0 Å². The van der Waals surface area contributed by atoms with E-state index < -0.39 is 0 Å². The Bertz CT molecular complexity index is 674. The first-order valence-corrected chi connectivity index (χ1v) is 8.08. The Morgan fingerprint density at radius 2 is 2.19 bits per heavy atom. The Hall–Kier alpha value is -1.72. The van der Waals surface area contributed by atoms with Gasteiger partial charge in [-0.25, -0.2) is 0 Å². The first-order chi connectivity index (χ1) is 10.2. The van der Waals surface area contributed by atoms with Gasteiger partial charge in [-0.2, -0.15) is 4.99 Å². The van der Waals surface area contributed by atoms with E-state index in [1.807, 2.05) is 41.4 Å². The SMILES string of the molecule is Cn1ccsc1=NC(=O)[C@H]1CCCN1Cc1ccccc1. The van der Waals surface area contributed by atoms with Crippen LogP contribution in [0.4, 0.5) is 0 Å². The van der Waals surface area contributed by atoms with Gasteiger partial charge in [0.25, 0.3) is 5.91 Å². The Morgan fingerprint density at radius 1 is 1.38 bits per heavy atom. The van der Waals surface area contributed by atoms with E-state index in [-0.39, 0.29) is 11.9 Å². The zero-order chi connectivity index (χ0) is 14.7. The summed E-state index contributed by atoms with van der Waals surface area (Å²) in [5.74, 6) is -0.0125. The summed E-state index contributed by atoms with van der Waals surface area (Å²) in [4.78, 5) is 19.8. The number of benzene rings is 1. The lowest BCUT2D eigenvalue weighted by Crippen LogP contribution is -2.35. The van der Waals surface area contributed by atoms with Gasteiger partial charge < -0.3 is 4.57 Å². The molecule has 1 aromatic heterocycles. The molecule has 3 rings (SSSR count). The van der Waals surface area contributed by atoms with Crippen LogP contribution in [0.1, 0.15) is 18.4 Å². The second kappa shape index (κ2) is 6.37. The first kappa shape index (κ1) is 14.2. The van der Waals surface area contributed by atoms with Gasteiger partial charge in [-0.15, -0.1) is 11.3 Å². The molecular weight excluding hydrogens is 282 g/mol. The van der Waals surface area contributed by atoms with E-state index in [0.717, 1.165) is 30.7 Å². The molecule has 110 valence electrons. The zero-order valence-corrected chi connectivity index (χ0v) is 12.9. The molecule has 0 saturated carbocycles. The minimum atomic E-state index is -0.0766. The Labute approximate surface area is 128 Å². The number of thiazole rings is 1. The minimum absolute atomic E-state index is 0.0125. The molecule has 2 heterocycles. The van der Waals surface area contributed by atoms with Gasteiger partial charge in [-0.1, -0.05) is 30.3 Å². The molecule has 5 heteroatoms. The van der Waals surface area contributed by atoms with Crippen LogP contribution in [0.25, 0.3) is 0 Å². The van der Waals surface area contributed by atoms with Crippen molar-refractivity contribution in [3.8, 4) is 0 Å². The molecule has 1 fully saturated rings. The van der Waals surface area contributed by atoms with Crippen LogP contribution in [0.2, 0.25) is 0 Å². The normalized spacial score (nSPS) is 20.0. The van der Waals surface area contributed by atoms with Crippen molar-refractivity contribution >= 4 is 17.2 Å². The molecule has 1 atom stereocenters. The maximum Gasteiger partial charge on any atom is 0.265 e. The molecule has 0 unspecified atom stereocenters. The number of nitrogens with zero attached hydrogens (tertiary/aromatic N) is 3. The molecule has 1 amide bonds. The zero-order valence-electron chi connectivity index (χ0n) is 12.1. The average molecular weight is 301 g/mol. The number of hydrogen-bond acceptors (Lipinski definition) is 3. The van der Waals surface area contributed by atoms with Gasteiger partial charge in [-0.3, -0.25) is 9.69 Å². The number of aromatic nitrogens is 1. The van der Waals surface area contributed by atoms with E-state index in [9.17, 15) is 4.79 Å². The van der Waals surface area contributed by atoms with Crippen LogP contribution in [-0.2, 0) is 18.4 Å². The fraction of sp³-hybridized carbons (Fsp3) is 0.375. The Balaban J connectivity index is 1.75. The number of likely N-dealkylation sites (tertiary alicyclic amines) is 1. The fourth-order valence-electron chi connectivity index (χ4n) is 2.72. The van der Waals surface area contributed by atoms with Crippen LogP contribution >= 0.6 is 11.3 Å². The Kier molecular flexibility index (Phi) is 4.31. The van der Waals surface area contributed by atoms with E-state index in [1.165, 1.54) is 16.9 Å². The van der Waals surface area contributed by atoms with Gasteiger partial charge in [0.15, 0.2) is 4.80 Å². The molecule has 1 aliphatic rings. The van der Waals surface area contributed by atoms with Gasteiger partial charge in [0.05, 0.1) is 6.04 Å². The number of amides is 1. The molecule has 4 nitrogen and oxygen atoms in total. The van der Waals surface area contributed by atoms with E-state index in [2.05, 4.69) is 22.0 Å². The quantitative estimate of drug-likeness (QED) is 0.871. The van der Waals surface area contributed by atoms with E-state index in [1.54, 1.807) is 0 Å². The second-order valence-electron chi connectivity index (χ2n) is 5.36. The van der Waals surface area contributed by atoms with Gasteiger partial charge in [0, 0.05) is 25.2 Å². The number of carbonyl (C=O) groups is 1. The highest BCUT2D eigenvalue weighted by atomic mass is 32.1.